The quantitative estimate of drug-likeness (QED) is 0.938. The van der Waals surface area contributed by atoms with Gasteiger partial charge in [0.15, 0.2) is 0 Å². The molecule has 2 rings (SSSR count). The number of halogens is 3. The van der Waals surface area contributed by atoms with Crippen molar-refractivity contribution < 1.29 is 18.0 Å². The number of carbonyl (C=O) groups excluding carboxylic acids is 1. The first-order valence-electron chi connectivity index (χ1n) is 6.46. The van der Waals surface area contributed by atoms with Crippen LogP contribution in [0.1, 0.15) is 11.1 Å². The molecule has 2 amide bonds. The molecule has 0 aliphatic rings. The van der Waals surface area contributed by atoms with Crippen LogP contribution in [0.3, 0.4) is 0 Å². The van der Waals surface area contributed by atoms with Crippen molar-refractivity contribution in [2.24, 2.45) is 0 Å². The lowest BCUT2D eigenvalue weighted by Crippen LogP contribution is -2.31. The molecule has 2 aromatic rings. The standard InChI is InChI=1S/C15H14F3N3O/c1-21(14(22)20-13-8-4-5-9-19-13)10-11-6-2-3-7-12(11)15(16,17)18/h2-9H,10H2,1H3,(H,19,20,22). The lowest BCUT2D eigenvalue weighted by Gasteiger charge is -2.20. The zero-order valence-corrected chi connectivity index (χ0v) is 11.8. The van der Waals surface area contributed by atoms with E-state index < -0.39 is 17.8 Å². The SMILES string of the molecule is CN(Cc1ccccc1C(F)(F)F)C(=O)Nc1ccccn1. The molecular formula is C15H14F3N3O. The molecule has 0 atom stereocenters. The zero-order chi connectivity index (χ0) is 16.2. The second-order valence-corrected chi connectivity index (χ2v) is 4.66. The van der Waals surface area contributed by atoms with E-state index in [4.69, 9.17) is 0 Å². The number of aromatic nitrogens is 1. The zero-order valence-electron chi connectivity index (χ0n) is 11.8. The molecule has 4 nitrogen and oxygen atoms in total. The fourth-order valence-electron chi connectivity index (χ4n) is 1.90. The van der Waals surface area contributed by atoms with E-state index in [0.29, 0.717) is 5.82 Å². The number of rotatable bonds is 3. The van der Waals surface area contributed by atoms with Crippen LogP contribution in [0.5, 0.6) is 0 Å². The number of urea groups is 1. The predicted octanol–water partition coefficient (Wildman–Crippen LogP) is 3.76. The summed E-state index contributed by atoms with van der Waals surface area (Å²) in [6, 6.07) is 9.63. The van der Waals surface area contributed by atoms with Crippen molar-refractivity contribution in [2.75, 3.05) is 12.4 Å². The number of carbonyl (C=O) groups is 1. The number of hydrogen-bond donors (Lipinski definition) is 1. The van der Waals surface area contributed by atoms with Crippen LogP contribution in [0.2, 0.25) is 0 Å². The molecule has 0 fully saturated rings. The summed E-state index contributed by atoms with van der Waals surface area (Å²) in [4.78, 5) is 17.1. The fraction of sp³-hybridized carbons (Fsp3) is 0.200. The summed E-state index contributed by atoms with van der Waals surface area (Å²) >= 11 is 0. The van der Waals surface area contributed by atoms with Crippen LogP contribution in [0, 0.1) is 0 Å². The minimum absolute atomic E-state index is 0.0358. The van der Waals surface area contributed by atoms with Crippen LogP contribution >= 0.6 is 0 Å². The summed E-state index contributed by atoms with van der Waals surface area (Å²) in [6.07, 6.45) is -2.94. The Labute approximate surface area is 125 Å². The lowest BCUT2D eigenvalue weighted by molar-refractivity contribution is -0.138. The molecule has 0 radical (unpaired) electrons. The minimum Gasteiger partial charge on any atom is -0.323 e. The van der Waals surface area contributed by atoms with Crippen LogP contribution in [-0.2, 0) is 12.7 Å². The molecule has 0 spiro atoms. The predicted molar refractivity (Wildman–Crippen MR) is 76.2 cm³/mol. The number of nitrogens with zero attached hydrogens (tertiary/aromatic N) is 2. The Morgan fingerprint density at radius 1 is 1.18 bits per heavy atom. The van der Waals surface area contributed by atoms with Crippen molar-refractivity contribution in [2.45, 2.75) is 12.7 Å². The van der Waals surface area contributed by atoms with Gasteiger partial charge in [0.25, 0.3) is 0 Å². The van der Waals surface area contributed by atoms with Gasteiger partial charge in [-0.25, -0.2) is 9.78 Å². The average molecular weight is 309 g/mol. The first kappa shape index (κ1) is 15.8. The van der Waals surface area contributed by atoms with Gasteiger partial charge in [0.05, 0.1) is 5.56 Å². The maximum absolute atomic E-state index is 12.9. The summed E-state index contributed by atoms with van der Waals surface area (Å²) in [6.45, 7) is -0.158. The summed E-state index contributed by atoms with van der Waals surface area (Å²) in [5.74, 6) is 0.337. The minimum atomic E-state index is -4.45. The summed E-state index contributed by atoms with van der Waals surface area (Å²) in [7, 11) is 1.42. The van der Waals surface area contributed by atoms with Crippen LogP contribution in [0.25, 0.3) is 0 Å². The Hall–Kier alpha value is -2.57. The number of anilines is 1. The van der Waals surface area contributed by atoms with Crippen LogP contribution in [-0.4, -0.2) is 23.0 Å². The second kappa shape index (κ2) is 6.46. The topological polar surface area (TPSA) is 45.2 Å². The Kier molecular flexibility index (Phi) is 4.65. The number of pyridine rings is 1. The third-order valence-corrected chi connectivity index (χ3v) is 2.98. The largest absolute Gasteiger partial charge is 0.416 e. The molecule has 1 aromatic heterocycles. The maximum atomic E-state index is 12.9. The highest BCUT2D eigenvalue weighted by atomic mass is 19.4. The van der Waals surface area contributed by atoms with E-state index in [0.717, 1.165) is 6.07 Å². The molecule has 0 aliphatic heterocycles. The van der Waals surface area contributed by atoms with Gasteiger partial charge in [-0.1, -0.05) is 24.3 Å². The molecule has 1 heterocycles. The number of nitrogens with one attached hydrogen (secondary N) is 1. The molecule has 116 valence electrons. The third-order valence-electron chi connectivity index (χ3n) is 2.98. The van der Waals surface area contributed by atoms with Crippen molar-refractivity contribution in [3.63, 3.8) is 0 Å². The van der Waals surface area contributed by atoms with Gasteiger partial charge in [-0.05, 0) is 23.8 Å². The average Bonchev–Trinajstić information content (AvgIpc) is 2.47. The lowest BCUT2D eigenvalue weighted by atomic mass is 10.1. The maximum Gasteiger partial charge on any atom is 0.416 e. The van der Waals surface area contributed by atoms with Gasteiger partial charge in [0, 0.05) is 19.8 Å². The molecule has 1 aromatic carbocycles. The fourth-order valence-corrected chi connectivity index (χ4v) is 1.90. The van der Waals surface area contributed by atoms with Gasteiger partial charge >= 0.3 is 12.2 Å². The van der Waals surface area contributed by atoms with E-state index in [1.807, 2.05) is 0 Å². The van der Waals surface area contributed by atoms with E-state index in [-0.39, 0.29) is 12.1 Å². The van der Waals surface area contributed by atoms with E-state index in [9.17, 15) is 18.0 Å². The van der Waals surface area contributed by atoms with Gasteiger partial charge in [-0.15, -0.1) is 0 Å². The molecule has 22 heavy (non-hydrogen) atoms. The number of benzene rings is 1. The normalized spacial score (nSPS) is 11.1. The Morgan fingerprint density at radius 2 is 1.86 bits per heavy atom. The molecule has 7 heteroatoms. The van der Waals surface area contributed by atoms with E-state index in [1.165, 1.54) is 36.3 Å². The van der Waals surface area contributed by atoms with Gasteiger partial charge in [0.1, 0.15) is 5.82 Å². The van der Waals surface area contributed by atoms with E-state index in [2.05, 4.69) is 10.3 Å². The number of hydrogen-bond acceptors (Lipinski definition) is 2. The van der Waals surface area contributed by atoms with Gasteiger partial charge in [0.2, 0.25) is 0 Å². The van der Waals surface area contributed by atoms with E-state index in [1.54, 1.807) is 18.2 Å². The Balaban J connectivity index is 2.09. The van der Waals surface area contributed by atoms with E-state index >= 15 is 0 Å². The van der Waals surface area contributed by atoms with Crippen molar-refractivity contribution >= 4 is 11.8 Å². The monoisotopic (exact) mass is 309 g/mol. The summed E-state index contributed by atoms with van der Waals surface area (Å²) in [5, 5.41) is 2.51. The first-order chi connectivity index (χ1) is 10.4. The van der Waals surface area contributed by atoms with Gasteiger partial charge < -0.3 is 4.90 Å². The van der Waals surface area contributed by atoms with Gasteiger partial charge in [-0.3, -0.25) is 5.32 Å². The van der Waals surface area contributed by atoms with Crippen LogP contribution < -0.4 is 5.32 Å². The first-order valence-corrected chi connectivity index (χ1v) is 6.46. The molecular weight excluding hydrogens is 295 g/mol. The highest BCUT2D eigenvalue weighted by Gasteiger charge is 2.33. The van der Waals surface area contributed by atoms with Crippen molar-refractivity contribution in [3.8, 4) is 0 Å². The Morgan fingerprint density at radius 3 is 2.50 bits per heavy atom. The number of amides is 2. The smallest absolute Gasteiger partial charge is 0.323 e. The molecule has 0 unspecified atom stereocenters. The van der Waals surface area contributed by atoms with Crippen molar-refractivity contribution in [1.82, 2.24) is 9.88 Å². The van der Waals surface area contributed by atoms with Gasteiger partial charge in [-0.2, -0.15) is 13.2 Å². The highest BCUT2D eigenvalue weighted by molar-refractivity contribution is 5.88. The second-order valence-electron chi connectivity index (χ2n) is 4.66. The summed E-state index contributed by atoms with van der Waals surface area (Å²) in [5.41, 5.74) is -0.707. The molecule has 1 N–H and O–H groups in total. The van der Waals surface area contributed by atoms with Crippen molar-refractivity contribution in [3.05, 3.63) is 59.8 Å². The highest BCUT2D eigenvalue weighted by Crippen LogP contribution is 2.32. The van der Waals surface area contributed by atoms with Crippen LogP contribution in [0.4, 0.5) is 23.8 Å². The van der Waals surface area contributed by atoms with Crippen LogP contribution in [0.15, 0.2) is 48.7 Å². The number of alkyl halides is 3. The third kappa shape index (κ3) is 3.97. The molecule has 0 aliphatic carbocycles. The summed E-state index contributed by atoms with van der Waals surface area (Å²) < 4.78 is 38.8. The Bertz CT molecular complexity index is 644. The molecule has 0 saturated carbocycles. The molecule has 0 saturated heterocycles. The molecule has 0 bridgehead atoms. The van der Waals surface area contributed by atoms with Crippen molar-refractivity contribution in [1.29, 1.82) is 0 Å².